The van der Waals surface area contributed by atoms with Gasteiger partial charge in [0.1, 0.15) is 0 Å². The molecule has 2 aliphatic rings. The summed E-state index contributed by atoms with van der Waals surface area (Å²) in [7, 11) is 0. The maximum Gasteiger partial charge on any atom is 0.253 e. The number of amides is 1. The summed E-state index contributed by atoms with van der Waals surface area (Å²) in [6, 6.07) is 4.71. The molecule has 4 rings (SSSR count). The highest BCUT2D eigenvalue weighted by Gasteiger charge is 2.40. The molecule has 3 atom stereocenters. The van der Waals surface area contributed by atoms with Crippen molar-refractivity contribution in [3.63, 3.8) is 0 Å². The van der Waals surface area contributed by atoms with Crippen molar-refractivity contribution in [1.82, 2.24) is 20.0 Å². The molecule has 2 bridgehead atoms. The number of hydrogen-bond acceptors (Lipinski definition) is 3. The van der Waals surface area contributed by atoms with Crippen LogP contribution in [0.3, 0.4) is 0 Å². The molecule has 2 fully saturated rings. The molecule has 98 valence electrons. The summed E-state index contributed by atoms with van der Waals surface area (Å²) in [4.78, 5) is 16.3. The van der Waals surface area contributed by atoms with Crippen molar-refractivity contribution >= 4 is 11.4 Å². The van der Waals surface area contributed by atoms with E-state index >= 15 is 0 Å². The Hall–Kier alpha value is -1.88. The molecule has 0 radical (unpaired) electrons. The Labute approximate surface area is 111 Å². The van der Waals surface area contributed by atoms with Crippen molar-refractivity contribution in [3.8, 4) is 0 Å². The molecule has 1 aliphatic carbocycles. The molecule has 0 unspecified atom stereocenters. The van der Waals surface area contributed by atoms with Crippen LogP contribution < -0.4 is 10.6 Å². The SMILES string of the molecule is O=C(N[C@H]1C[C@@H]2C[C@@H]1CN2)c1ccc2cncn2c1. The van der Waals surface area contributed by atoms with Gasteiger partial charge in [0, 0.05) is 24.8 Å². The van der Waals surface area contributed by atoms with Gasteiger partial charge < -0.3 is 15.0 Å². The molecule has 5 nitrogen and oxygen atoms in total. The van der Waals surface area contributed by atoms with Crippen molar-refractivity contribution in [3.05, 3.63) is 36.4 Å². The highest BCUT2D eigenvalue weighted by Crippen LogP contribution is 2.31. The lowest BCUT2D eigenvalue weighted by atomic mass is 10.0. The Bertz CT molecular complexity index is 635. The van der Waals surface area contributed by atoms with Gasteiger partial charge in [0.05, 0.1) is 23.6 Å². The van der Waals surface area contributed by atoms with Crippen LogP contribution in [0.25, 0.3) is 5.52 Å². The van der Waals surface area contributed by atoms with Gasteiger partial charge in [-0.1, -0.05) is 0 Å². The topological polar surface area (TPSA) is 58.4 Å². The molecule has 1 saturated carbocycles. The van der Waals surface area contributed by atoms with Crippen LogP contribution in [0, 0.1) is 5.92 Å². The lowest BCUT2D eigenvalue weighted by Gasteiger charge is -2.23. The average molecular weight is 256 g/mol. The number of carbonyl (C=O) groups excluding carboxylic acids is 1. The first-order chi connectivity index (χ1) is 9.29. The summed E-state index contributed by atoms with van der Waals surface area (Å²) < 4.78 is 1.87. The fourth-order valence-electron chi connectivity index (χ4n) is 3.32. The molecule has 2 aromatic rings. The van der Waals surface area contributed by atoms with Gasteiger partial charge >= 0.3 is 0 Å². The number of imidazole rings is 1. The molecular weight excluding hydrogens is 240 g/mol. The first-order valence-corrected chi connectivity index (χ1v) is 6.75. The van der Waals surface area contributed by atoms with Gasteiger partial charge in [-0.05, 0) is 30.9 Å². The lowest BCUT2D eigenvalue weighted by Crippen LogP contribution is -2.44. The number of pyridine rings is 1. The zero-order chi connectivity index (χ0) is 12.8. The second-order valence-electron chi connectivity index (χ2n) is 5.56. The van der Waals surface area contributed by atoms with Crippen molar-refractivity contribution in [2.75, 3.05) is 6.54 Å². The minimum atomic E-state index is 0.0214. The number of nitrogens with zero attached hydrogens (tertiary/aromatic N) is 2. The fourth-order valence-corrected chi connectivity index (χ4v) is 3.32. The molecule has 5 heteroatoms. The van der Waals surface area contributed by atoms with E-state index in [1.807, 2.05) is 22.7 Å². The quantitative estimate of drug-likeness (QED) is 0.836. The van der Waals surface area contributed by atoms with Crippen LogP contribution in [0.5, 0.6) is 0 Å². The smallest absolute Gasteiger partial charge is 0.253 e. The minimum Gasteiger partial charge on any atom is -0.349 e. The van der Waals surface area contributed by atoms with Gasteiger partial charge in [0.15, 0.2) is 0 Å². The van der Waals surface area contributed by atoms with Gasteiger partial charge in [-0.3, -0.25) is 4.79 Å². The molecule has 2 aromatic heterocycles. The molecule has 1 amide bonds. The monoisotopic (exact) mass is 256 g/mol. The molecule has 1 aliphatic heterocycles. The Morgan fingerprint density at radius 1 is 1.42 bits per heavy atom. The first-order valence-electron chi connectivity index (χ1n) is 6.75. The second kappa shape index (κ2) is 4.06. The van der Waals surface area contributed by atoms with E-state index in [0.29, 0.717) is 23.6 Å². The summed E-state index contributed by atoms with van der Waals surface area (Å²) in [5, 5.41) is 6.63. The molecule has 3 heterocycles. The number of aromatic nitrogens is 2. The zero-order valence-corrected chi connectivity index (χ0v) is 10.5. The summed E-state index contributed by atoms with van der Waals surface area (Å²) in [6.45, 7) is 1.04. The van der Waals surface area contributed by atoms with E-state index in [0.717, 1.165) is 18.5 Å². The van der Waals surface area contributed by atoms with Gasteiger partial charge in [-0.15, -0.1) is 0 Å². The number of carbonyl (C=O) groups is 1. The van der Waals surface area contributed by atoms with Crippen LogP contribution in [0.15, 0.2) is 30.9 Å². The summed E-state index contributed by atoms with van der Waals surface area (Å²) >= 11 is 0. The molecule has 19 heavy (non-hydrogen) atoms. The normalized spacial score (nSPS) is 28.9. The minimum absolute atomic E-state index is 0.0214. The van der Waals surface area contributed by atoms with Crippen LogP contribution in [-0.2, 0) is 0 Å². The third kappa shape index (κ3) is 1.81. The number of piperidine rings is 1. The van der Waals surface area contributed by atoms with Crippen molar-refractivity contribution < 1.29 is 4.79 Å². The highest BCUT2D eigenvalue weighted by atomic mass is 16.1. The van der Waals surface area contributed by atoms with E-state index in [2.05, 4.69) is 15.6 Å². The number of nitrogens with one attached hydrogen (secondary N) is 2. The molecular formula is C14H16N4O. The van der Waals surface area contributed by atoms with Crippen molar-refractivity contribution in [1.29, 1.82) is 0 Å². The first kappa shape index (κ1) is 11.0. The van der Waals surface area contributed by atoms with Gasteiger partial charge in [0.2, 0.25) is 0 Å². The predicted octanol–water partition coefficient (Wildman–Crippen LogP) is 0.814. The van der Waals surface area contributed by atoms with Crippen molar-refractivity contribution in [2.24, 2.45) is 5.92 Å². The summed E-state index contributed by atoms with van der Waals surface area (Å²) in [6.07, 6.45) is 7.59. The van der Waals surface area contributed by atoms with Crippen LogP contribution in [0.1, 0.15) is 23.2 Å². The summed E-state index contributed by atoms with van der Waals surface area (Å²) in [5.74, 6) is 0.624. The highest BCUT2D eigenvalue weighted by molar-refractivity contribution is 5.94. The fraction of sp³-hybridized carbons (Fsp3) is 0.429. The molecule has 1 saturated heterocycles. The Morgan fingerprint density at radius 2 is 2.37 bits per heavy atom. The Balaban J connectivity index is 1.53. The maximum atomic E-state index is 12.3. The van der Waals surface area contributed by atoms with Crippen LogP contribution in [0.2, 0.25) is 0 Å². The van der Waals surface area contributed by atoms with E-state index in [1.165, 1.54) is 6.42 Å². The molecule has 0 aromatic carbocycles. The number of hydrogen-bond donors (Lipinski definition) is 2. The number of rotatable bonds is 2. The van der Waals surface area contributed by atoms with E-state index in [4.69, 9.17) is 0 Å². The third-order valence-electron chi connectivity index (χ3n) is 4.35. The van der Waals surface area contributed by atoms with Crippen LogP contribution >= 0.6 is 0 Å². The van der Waals surface area contributed by atoms with Gasteiger partial charge in [-0.25, -0.2) is 4.98 Å². The second-order valence-corrected chi connectivity index (χ2v) is 5.56. The lowest BCUT2D eigenvalue weighted by molar-refractivity contribution is 0.0924. The van der Waals surface area contributed by atoms with Crippen LogP contribution in [0.4, 0.5) is 0 Å². The van der Waals surface area contributed by atoms with E-state index < -0.39 is 0 Å². The van der Waals surface area contributed by atoms with E-state index in [9.17, 15) is 4.79 Å². The predicted molar refractivity (Wildman–Crippen MR) is 71.0 cm³/mol. The Kier molecular flexibility index (Phi) is 2.35. The largest absolute Gasteiger partial charge is 0.349 e. The van der Waals surface area contributed by atoms with Crippen molar-refractivity contribution in [2.45, 2.75) is 24.9 Å². The molecule has 2 N–H and O–H groups in total. The number of fused-ring (bicyclic) bond motifs is 3. The average Bonchev–Trinajstić information content (AvgIpc) is 3.13. The van der Waals surface area contributed by atoms with Crippen LogP contribution in [-0.4, -0.2) is 33.9 Å². The maximum absolute atomic E-state index is 12.3. The summed E-state index contributed by atoms with van der Waals surface area (Å²) in [5.41, 5.74) is 1.70. The third-order valence-corrected chi connectivity index (χ3v) is 4.35. The molecule has 0 spiro atoms. The van der Waals surface area contributed by atoms with E-state index in [1.54, 1.807) is 12.5 Å². The van der Waals surface area contributed by atoms with E-state index in [-0.39, 0.29) is 5.91 Å². The zero-order valence-electron chi connectivity index (χ0n) is 10.5. The van der Waals surface area contributed by atoms with Gasteiger partial charge in [0.25, 0.3) is 5.91 Å². The standard InChI is InChI=1S/C14H16N4O/c19-14(17-13-4-11-3-10(13)5-16-11)9-1-2-12-6-15-8-18(12)7-9/h1-2,6-8,10-11,13,16H,3-5H2,(H,17,19)/t10-,11+,13+/m1/s1. The van der Waals surface area contributed by atoms with Gasteiger partial charge in [-0.2, -0.15) is 0 Å². The Morgan fingerprint density at radius 3 is 3.16 bits per heavy atom.